The molecule has 0 radical (unpaired) electrons. The Labute approximate surface area is 185 Å². The molecular formula is C25H23N3O4. The number of hydrogen-bond donors (Lipinski definition) is 1. The van der Waals surface area contributed by atoms with Gasteiger partial charge in [-0.3, -0.25) is 9.59 Å². The van der Waals surface area contributed by atoms with Crippen LogP contribution in [0.25, 0.3) is 22.0 Å². The molecule has 162 valence electrons. The minimum atomic E-state index is -0.249. The molecule has 0 atom stereocenters. The van der Waals surface area contributed by atoms with Gasteiger partial charge in [-0.15, -0.1) is 0 Å². The van der Waals surface area contributed by atoms with Crippen LogP contribution in [0, 0.1) is 0 Å². The zero-order chi connectivity index (χ0) is 22.7. The van der Waals surface area contributed by atoms with Crippen LogP contribution >= 0.6 is 0 Å². The second-order valence-electron chi connectivity index (χ2n) is 7.23. The van der Waals surface area contributed by atoms with Gasteiger partial charge in [-0.2, -0.15) is 5.10 Å². The third-order valence-electron chi connectivity index (χ3n) is 5.30. The summed E-state index contributed by atoms with van der Waals surface area (Å²) in [7, 11) is 4.75. The van der Waals surface area contributed by atoms with Gasteiger partial charge in [-0.25, -0.2) is 4.68 Å². The van der Waals surface area contributed by atoms with Crippen LogP contribution < -0.4 is 20.3 Å². The fourth-order valence-corrected chi connectivity index (χ4v) is 3.68. The van der Waals surface area contributed by atoms with Crippen LogP contribution in [-0.4, -0.2) is 29.9 Å². The van der Waals surface area contributed by atoms with Crippen molar-refractivity contribution < 1.29 is 14.3 Å². The van der Waals surface area contributed by atoms with E-state index in [1.165, 1.54) is 11.8 Å². The number of para-hydroxylation sites is 1. The summed E-state index contributed by atoms with van der Waals surface area (Å²) in [6.45, 7) is 0.248. The Kier molecular flexibility index (Phi) is 5.89. The number of carbonyl (C=O) groups excluding carboxylic acids is 1. The average molecular weight is 429 g/mol. The zero-order valence-corrected chi connectivity index (χ0v) is 18.1. The van der Waals surface area contributed by atoms with Gasteiger partial charge in [0.05, 0.1) is 30.9 Å². The summed E-state index contributed by atoms with van der Waals surface area (Å²) in [5.41, 5.74) is 2.59. The minimum absolute atomic E-state index is 0.151. The normalized spacial score (nSPS) is 10.7. The molecule has 0 bridgehead atoms. The van der Waals surface area contributed by atoms with E-state index < -0.39 is 0 Å². The van der Waals surface area contributed by atoms with E-state index >= 15 is 0 Å². The number of methoxy groups -OCH3 is 2. The average Bonchev–Trinajstić information content (AvgIpc) is 2.84. The number of rotatable bonds is 6. The molecule has 32 heavy (non-hydrogen) atoms. The van der Waals surface area contributed by atoms with E-state index in [-0.39, 0.29) is 18.0 Å². The van der Waals surface area contributed by atoms with Crippen LogP contribution in [0.3, 0.4) is 0 Å². The van der Waals surface area contributed by atoms with Crippen LogP contribution in [-0.2, 0) is 13.6 Å². The predicted octanol–water partition coefficient (Wildman–Crippen LogP) is 3.55. The molecule has 1 heterocycles. The largest absolute Gasteiger partial charge is 0.496 e. The fraction of sp³-hybridized carbons (Fsp3) is 0.160. The van der Waals surface area contributed by atoms with Gasteiger partial charge in [0.2, 0.25) is 0 Å². The van der Waals surface area contributed by atoms with Crippen molar-refractivity contribution in [3.05, 3.63) is 88.2 Å². The summed E-state index contributed by atoms with van der Waals surface area (Å²) in [6, 6.07) is 20.1. The molecule has 7 nitrogen and oxygen atoms in total. The highest BCUT2D eigenvalue weighted by molar-refractivity contribution is 5.97. The number of benzene rings is 3. The summed E-state index contributed by atoms with van der Waals surface area (Å²) < 4.78 is 12.1. The van der Waals surface area contributed by atoms with Gasteiger partial charge in [-0.1, -0.05) is 30.3 Å². The molecule has 0 fully saturated rings. The van der Waals surface area contributed by atoms with Crippen LogP contribution in [0.1, 0.15) is 15.9 Å². The van der Waals surface area contributed by atoms with Crippen molar-refractivity contribution in [2.45, 2.75) is 6.54 Å². The van der Waals surface area contributed by atoms with Crippen LogP contribution in [0.2, 0.25) is 0 Å². The summed E-state index contributed by atoms with van der Waals surface area (Å²) in [4.78, 5) is 25.2. The second-order valence-corrected chi connectivity index (χ2v) is 7.23. The van der Waals surface area contributed by atoms with E-state index in [9.17, 15) is 9.59 Å². The highest BCUT2D eigenvalue weighted by Gasteiger charge is 2.15. The number of hydrogen-bond acceptors (Lipinski definition) is 5. The lowest BCUT2D eigenvalue weighted by Crippen LogP contribution is -2.23. The first-order valence-corrected chi connectivity index (χ1v) is 10.1. The van der Waals surface area contributed by atoms with Gasteiger partial charge < -0.3 is 14.8 Å². The quantitative estimate of drug-likeness (QED) is 0.507. The number of fused-ring (bicyclic) bond motifs is 1. The first-order chi connectivity index (χ1) is 15.5. The Morgan fingerprint density at radius 2 is 1.62 bits per heavy atom. The van der Waals surface area contributed by atoms with E-state index in [0.29, 0.717) is 28.1 Å². The third kappa shape index (κ3) is 3.92. The molecule has 0 unspecified atom stereocenters. The molecule has 3 aromatic carbocycles. The Bertz CT molecular complexity index is 1360. The van der Waals surface area contributed by atoms with Gasteiger partial charge in [0, 0.05) is 30.1 Å². The molecule has 0 aliphatic heterocycles. The highest BCUT2D eigenvalue weighted by Crippen LogP contribution is 2.29. The van der Waals surface area contributed by atoms with Gasteiger partial charge in [0.1, 0.15) is 11.5 Å². The van der Waals surface area contributed by atoms with Crippen molar-refractivity contribution >= 4 is 16.7 Å². The van der Waals surface area contributed by atoms with E-state index in [1.54, 1.807) is 38.4 Å². The number of nitrogens with one attached hydrogen (secondary N) is 1. The van der Waals surface area contributed by atoms with E-state index in [1.807, 2.05) is 42.5 Å². The molecule has 1 aromatic heterocycles. The second kappa shape index (κ2) is 8.93. The topological polar surface area (TPSA) is 82.5 Å². The molecule has 7 heteroatoms. The standard InChI is InChI=1S/C25H23N3O4/c1-28-25(30)19-9-5-4-8-18(19)23(27-28)16-12-13-21(31-2)17(14-16)15-26-24(29)20-10-6-7-11-22(20)32-3/h4-14H,15H2,1-3H3,(H,26,29). The monoisotopic (exact) mass is 429 g/mol. The SMILES string of the molecule is COc1ccc(-c2nn(C)c(=O)c3ccccc23)cc1CNC(=O)c1ccccc1OC. The van der Waals surface area contributed by atoms with Crippen molar-refractivity contribution in [1.29, 1.82) is 0 Å². The maximum Gasteiger partial charge on any atom is 0.274 e. The van der Waals surface area contributed by atoms with Crippen LogP contribution in [0.15, 0.2) is 71.5 Å². The summed E-state index contributed by atoms with van der Waals surface area (Å²) in [6.07, 6.45) is 0. The number of aryl methyl sites for hydroxylation is 1. The third-order valence-corrected chi connectivity index (χ3v) is 5.30. The van der Waals surface area contributed by atoms with Crippen molar-refractivity contribution in [2.75, 3.05) is 14.2 Å². The molecule has 0 saturated heterocycles. The predicted molar refractivity (Wildman–Crippen MR) is 123 cm³/mol. The molecule has 0 aliphatic rings. The van der Waals surface area contributed by atoms with E-state index in [0.717, 1.165) is 16.5 Å². The first kappa shape index (κ1) is 21.1. The lowest BCUT2D eigenvalue weighted by Gasteiger charge is -2.14. The Morgan fingerprint density at radius 3 is 2.38 bits per heavy atom. The van der Waals surface area contributed by atoms with Gasteiger partial charge in [-0.05, 0) is 36.4 Å². The molecule has 0 spiro atoms. The lowest BCUT2D eigenvalue weighted by atomic mass is 10.0. The van der Waals surface area contributed by atoms with Crippen LogP contribution in [0.5, 0.6) is 11.5 Å². The lowest BCUT2D eigenvalue weighted by molar-refractivity contribution is 0.0947. The summed E-state index contributed by atoms with van der Waals surface area (Å²) in [5.74, 6) is 0.898. The minimum Gasteiger partial charge on any atom is -0.496 e. The van der Waals surface area contributed by atoms with Gasteiger partial charge >= 0.3 is 0 Å². The van der Waals surface area contributed by atoms with Crippen LogP contribution in [0.4, 0.5) is 0 Å². The number of carbonyl (C=O) groups is 1. The molecule has 1 N–H and O–H groups in total. The molecule has 0 saturated carbocycles. The zero-order valence-electron chi connectivity index (χ0n) is 18.1. The van der Waals surface area contributed by atoms with Crippen molar-refractivity contribution in [1.82, 2.24) is 15.1 Å². The van der Waals surface area contributed by atoms with E-state index in [4.69, 9.17) is 9.47 Å². The number of ether oxygens (including phenoxy) is 2. The Morgan fingerprint density at radius 1 is 0.938 bits per heavy atom. The number of amides is 1. The Balaban J connectivity index is 1.70. The molecular weight excluding hydrogens is 406 g/mol. The Hall–Kier alpha value is -4.13. The van der Waals surface area contributed by atoms with Crippen molar-refractivity contribution in [2.24, 2.45) is 7.05 Å². The molecule has 4 rings (SSSR count). The van der Waals surface area contributed by atoms with E-state index in [2.05, 4.69) is 10.4 Å². The fourth-order valence-electron chi connectivity index (χ4n) is 3.68. The molecule has 4 aromatic rings. The molecule has 0 aliphatic carbocycles. The summed E-state index contributed by atoms with van der Waals surface area (Å²) >= 11 is 0. The maximum absolute atomic E-state index is 12.7. The van der Waals surface area contributed by atoms with Crippen molar-refractivity contribution in [3.63, 3.8) is 0 Å². The van der Waals surface area contributed by atoms with Gasteiger partial charge in [0.15, 0.2) is 0 Å². The van der Waals surface area contributed by atoms with Crippen molar-refractivity contribution in [3.8, 4) is 22.8 Å². The maximum atomic E-state index is 12.7. The number of nitrogens with zero attached hydrogens (tertiary/aromatic N) is 2. The number of aromatic nitrogens is 2. The summed E-state index contributed by atoms with van der Waals surface area (Å²) in [5, 5.41) is 8.79. The van der Waals surface area contributed by atoms with Gasteiger partial charge in [0.25, 0.3) is 11.5 Å². The molecule has 1 amide bonds. The first-order valence-electron chi connectivity index (χ1n) is 10.1. The smallest absolute Gasteiger partial charge is 0.274 e. The highest BCUT2D eigenvalue weighted by atomic mass is 16.5.